The third-order valence-corrected chi connectivity index (χ3v) is 4.64. The van der Waals surface area contributed by atoms with Gasteiger partial charge in [0.25, 0.3) is 0 Å². The van der Waals surface area contributed by atoms with Gasteiger partial charge in [-0.25, -0.2) is 4.79 Å². The number of nitrogens with one attached hydrogen (secondary N) is 1. The smallest absolute Gasteiger partial charge is 0.336 e. The van der Waals surface area contributed by atoms with Crippen LogP contribution >= 0.6 is 11.3 Å². The Bertz CT molecular complexity index is 633. The minimum atomic E-state index is -0.866. The number of carbonyl (C=O) groups is 1. The maximum absolute atomic E-state index is 10.9. The van der Waals surface area contributed by atoms with E-state index in [1.807, 2.05) is 6.07 Å². The van der Waals surface area contributed by atoms with Gasteiger partial charge in [-0.3, -0.25) is 0 Å². The van der Waals surface area contributed by atoms with Crippen LogP contribution in [-0.2, 0) is 6.54 Å². The van der Waals surface area contributed by atoms with Crippen molar-refractivity contribution in [2.75, 3.05) is 23.3 Å². The second-order valence-electron chi connectivity index (χ2n) is 5.17. The maximum atomic E-state index is 10.9. The number of carboxylic acid groups (broad SMARTS) is 1. The van der Waals surface area contributed by atoms with E-state index in [0.29, 0.717) is 12.1 Å². The number of hydrogen-bond acceptors (Lipinski definition) is 4. The lowest BCUT2D eigenvalue weighted by molar-refractivity contribution is 0.0697. The molecule has 5 heteroatoms. The van der Waals surface area contributed by atoms with Crippen molar-refractivity contribution in [2.45, 2.75) is 19.4 Å². The fourth-order valence-electron chi connectivity index (χ4n) is 2.62. The predicted molar refractivity (Wildman–Crippen MR) is 86.5 cm³/mol. The highest BCUT2D eigenvalue weighted by molar-refractivity contribution is 7.10. The number of rotatable bonds is 5. The van der Waals surface area contributed by atoms with E-state index in [0.717, 1.165) is 23.7 Å². The Morgan fingerprint density at radius 3 is 2.76 bits per heavy atom. The normalized spacial score (nSPS) is 14.4. The van der Waals surface area contributed by atoms with Gasteiger partial charge in [-0.15, -0.1) is 11.3 Å². The highest BCUT2D eigenvalue weighted by atomic mass is 32.1. The summed E-state index contributed by atoms with van der Waals surface area (Å²) in [4.78, 5) is 14.3. The van der Waals surface area contributed by atoms with Crippen LogP contribution in [0.2, 0.25) is 0 Å². The van der Waals surface area contributed by atoms with Gasteiger partial charge < -0.3 is 15.3 Å². The number of anilines is 2. The second kappa shape index (κ2) is 6.18. The van der Waals surface area contributed by atoms with Gasteiger partial charge in [-0.05, 0) is 31.0 Å². The first-order chi connectivity index (χ1) is 10.2. The summed E-state index contributed by atoms with van der Waals surface area (Å²) in [5.74, 6) is -0.866. The Morgan fingerprint density at radius 2 is 2.05 bits per heavy atom. The molecule has 2 aromatic rings. The molecule has 1 aromatic heterocycles. The molecule has 1 saturated heterocycles. The molecule has 0 saturated carbocycles. The molecule has 0 bridgehead atoms. The molecule has 110 valence electrons. The molecule has 0 atom stereocenters. The molecule has 0 spiro atoms. The number of hydrogen-bond donors (Lipinski definition) is 2. The fourth-order valence-corrected chi connectivity index (χ4v) is 3.42. The first-order valence-corrected chi connectivity index (χ1v) is 8.00. The van der Waals surface area contributed by atoms with Gasteiger partial charge in [-0.2, -0.15) is 0 Å². The van der Waals surface area contributed by atoms with Crippen molar-refractivity contribution in [1.82, 2.24) is 0 Å². The van der Waals surface area contributed by atoms with Gasteiger partial charge in [0.05, 0.1) is 16.9 Å². The van der Waals surface area contributed by atoms with Gasteiger partial charge in [-0.1, -0.05) is 12.1 Å². The molecule has 4 nitrogen and oxygen atoms in total. The van der Waals surface area contributed by atoms with Gasteiger partial charge in [0.2, 0.25) is 0 Å². The molecule has 0 aliphatic carbocycles. The number of aromatic carboxylic acids is 1. The van der Waals surface area contributed by atoms with E-state index in [1.165, 1.54) is 29.9 Å². The van der Waals surface area contributed by atoms with E-state index in [9.17, 15) is 4.79 Å². The molecule has 1 aliphatic heterocycles. The van der Waals surface area contributed by atoms with Crippen molar-refractivity contribution in [1.29, 1.82) is 0 Å². The van der Waals surface area contributed by atoms with Gasteiger partial charge in [0, 0.05) is 29.9 Å². The second-order valence-corrected chi connectivity index (χ2v) is 6.17. The molecule has 1 aromatic carbocycles. The average Bonchev–Trinajstić information content (AvgIpc) is 3.17. The zero-order chi connectivity index (χ0) is 14.7. The SMILES string of the molecule is O=C(O)c1csc(CNc2ccccc2N2CCCC2)c1. The summed E-state index contributed by atoms with van der Waals surface area (Å²) in [7, 11) is 0. The predicted octanol–water partition coefficient (Wildman–Crippen LogP) is 3.66. The van der Waals surface area contributed by atoms with E-state index in [1.54, 1.807) is 11.4 Å². The Kier molecular flexibility index (Phi) is 4.10. The standard InChI is InChI=1S/C16H18N2O2S/c19-16(20)12-9-13(21-11-12)10-17-14-5-1-2-6-15(14)18-7-3-4-8-18/h1-2,5-6,9,11,17H,3-4,7-8,10H2,(H,19,20). The van der Waals surface area contributed by atoms with Gasteiger partial charge >= 0.3 is 5.97 Å². The highest BCUT2D eigenvalue weighted by Gasteiger charge is 2.15. The summed E-state index contributed by atoms with van der Waals surface area (Å²) < 4.78 is 0. The van der Waals surface area contributed by atoms with Crippen LogP contribution in [0, 0.1) is 0 Å². The number of carboxylic acids is 1. The van der Waals surface area contributed by atoms with Crippen LogP contribution in [0.3, 0.4) is 0 Å². The lowest BCUT2D eigenvalue weighted by atomic mass is 10.2. The summed E-state index contributed by atoms with van der Waals surface area (Å²) in [5, 5.41) is 14.1. The van der Waals surface area contributed by atoms with Crippen molar-refractivity contribution in [3.8, 4) is 0 Å². The van der Waals surface area contributed by atoms with Crippen LogP contribution in [-0.4, -0.2) is 24.2 Å². The summed E-state index contributed by atoms with van der Waals surface area (Å²) in [6.07, 6.45) is 2.50. The first kappa shape index (κ1) is 13.9. The van der Waals surface area contributed by atoms with E-state index >= 15 is 0 Å². The van der Waals surface area contributed by atoms with Crippen molar-refractivity contribution in [3.63, 3.8) is 0 Å². The largest absolute Gasteiger partial charge is 0.478 e. The Labute approximate surface area is 128 Å². The molecule has 2 heterocycles. The van der Waals surface area contributed by atoms with E-state index in [-0.39, 0.29) is 0 Å². The van der Waals surface area contributed by atoms with Crippen molar-refractivity contribution in [3.05, 3.63) is 46.2 Å². The van der Waals surface area contributed by atoms with Gasteiger partial charge in [0.15, 0.2) is 0 Å². The minimum Gasteiger partial charge on any atom is -0.478 e. The third kappa shape index (κ3) is 3.19. The fraction of sp³-hybridized carbons (Fsp3) is 0.312. The summed E-state index contributed by atoms with van der Waals surface area (Å²) in [5.41, 5.74) is 2.72. The van der Waals surface area contributed by atoms with Gasteiger partial charge in [0.1, 0.15) is 0 Å². The molecule has 0 unspecified atom stereocenters. The zero-order valence-electron chi connectivity index (χ0n) is 11.7. The third-order valence-electron chi connectivity index (χ3n) is 3.70. The summed E-state index contributed by atoms with van der Waals surface area (Å²) in [6, 6.07) is 10.0. The monoisotopic (exact) mass is 302 g/mol. The molecule has 21 heavy (non-hydrogen) atoms. The molecule has 0 amide bonds. The number of para-hydroxylation sites is 2. The molecule has 1 aliphatic rings. The topological polar surface area (TPSA) is 52.6 Å². The number of benzene rings is 1. The lowest BCUT2D eigenvalue weighted by Gasteiger charge is -2.21. The van der Waals surface area contributed by atoms with E-state index in [2.05, 4.69) is 28.4 Å². The van der Waals surface area contributed by atoms with Crippen LogP contribution in [0.1, 0.15) is 28.1 Å². The lowest BCUT2D eigenvalue weighted by Crippen LogP contribution is -2.19. The highest BCUT2D eigenvalue weighted by Crippen LogP contribution is 2.29. The average molecular weight is 302 g/mol. The summed E-state index contributed by atoms with van der Waals surface area (Å²) >= 11 is 1.48. The molecular weight excluding hydrogens is 284 g/mol. The van der Waals surface area contributed by atoms with E-state index in [4.69, 9.17) is 5.11 Å². The first-order valence-electron chi connectivity index (χ1n) is 7.12. The Morgan fingerprint density at radius 1 is 1.29 bits per heavy atom. The van der Waals surface area contributed by atoms with Crippen molar-refractivity contribution >= 4 is 28.7 Å². The van der Waals surface area contributed by atoms with Crippen LogP contribution in [0.25, 0.3) is 0 Å². The quantitative estimate of drug-likeness (QED) is 0.885. The Balaban J connectivity index is 1.71. The number of thiophene rings is 1. The maximum Gasteiger partial charge on any atom is 0.336 e. The van der Waals surface area contributed by atoms with Crippen molar-refractivity contribution < 1.29 is 9.90 Å². The van der Waals surface area contributed by atoms with E-state index < -0.39 is 5.97 Å². The molecule has 3 rings (SSSR count). The molecular formula is C16H18N2O2S. The van der Waals surface area contributed by atoms with Crippen molar-refractivity contribution in [2.24, 2.45) is 0 Å². The van der Waals surface area contributed by atoms with Crippen LogP contribution in [0.15, 0.2) is 35.7 Å². The van der Waals surface area contributed by atoms with Crippen LogP contribution in [0.5, 0.6) is 0 Å². The van der Waals surface area contributed by atoms with Crippen LogP contribution in [0.4, 0.5) is 11.4 Å². The summed E-state index contributed by atoms with van der Waals surface area (Å²) in [6.45, 7) is 2.88. The number of nitrogens with zero attached hydrogens (tertiary/aromatic N) is 1. The zero-order valence-corrected chi connectivity index (χ0v) is 12.5. The molecule has 1 fully saturated rings. The molecule has 0 radical (unpaired) electrons. The minimum absolute atomic E-state index is 0.365. The molecule has 2 N–H and O–H groups in total. The Hall–Kier alpha value is -2.01. The van der Waals surface area contributed by atoms with Crippen LogP contribution < -0.4 is 10.2 Å².